The van der Waals surface area contributed by atoms with E-state index < -0.39 is 0 Å². The molecule has 6 heteroatoms. The number of pyridine rings is 1. The van der Waals surface area contributed by atoms with Crippen molar-refractivity contribution in [2.45, 2.75) is 32.0 Å². The lowest BCUT2D eigenvalue weighted by Gasteiger charge is -2.50. The number of piperidine rings is 1. The molecule has 0 bridgehead atoms. The minimum atomic E-state index is -0.0827. The van der Waals surface area contributed by atoms with Gasteiger partial charge in [-0.3, -0.25) is 9.78 Å². The molecule has 3 rings (SSSR count). The van der Waals surface area contributed by atoms with Gasteiger partial charge in [-0.15, -0.1) is 0 Å². The molecule has 6 nitrogen and oxygen atoms in total. The summed E-state index contributed by atoms with van der Waals surface area (Å²) in [5, 5.41) is 0. The Morgan fingerprint density at radius 2 is 2.40 bits per heavy atom. The third-order valence-electron chi connectivity index (χ3n) is 5.17. The summed E-state index contributed by atoms with van der Waals surface area (Å²) in [5.41, 5.74) is 0.990. The SMILES string of the molecule is CN(C)CC(=O)N1CC[C@@H]2OCCC[C@]2(COCc2cccnc2)C1. The minimum absolute atomic E-state index is 0.0827. The number of fused-ring (bicyclic) bond motifs is 1. The summed E-state index contributed by atoms with van der Waals surface area (Å²) in [7, 11) is 3.86. The maximum absolute atomic E-state index is 12.5. The van der Waals surface area contributed by atoms with Crippen LogP contribution < -0.4 is 0 Å². The molecule has 1 amide bonds. The van der Waals surface area contributed by atoms with Crippen LogP contribution in [0.25, 0.3) is 0 Å². The summed E-state index contributed by atoms with van der Waals surface area (Å²) in [4.78, 5) is 20.6. The third-order valence-corrected chi connectivity index (χ3v) is 5.17. The molecule has 138 valence electrons. The van der Waals surface area contributed by atoms with E-state index in [1.54, 1.807) is 6.20 Å². The van der Waals surface area contributed by atoms with E-state index in [2.05, 4.69) is 4.98 Å². The number of carbonyl (C=O) groups is 1. The predicted octanol–water partition coefficient (Wildman–Crippen LogP) is 1.56. The zero-order valence-electron chi connectivity index (χ0n) is 15.3. The van der Waals surface area contributed by atoms with E-state index in [1.807, 2.05) is 42.2 Å². The van der Waals surface area contributed by atoms with E-state index >= 15 is 0 Å². The van der Waals surface area contributed by atoms with Gasteiger partial charge in [0.25, 0.3) is 0 Å². The van der Waals surface area contributed by atoms with Crippen LogP contribution in [0.1, 0.15) is 24.8 Å². The van der Waals surface area contributed by atoms with Gasteiger partial charge < -0.3 is 19.3 Å². The molecule has 2 aliphatic heterocycles. The number of likely N-dealkylation sites (tertiary alicyclic amines) is 1. The topological polar surface area (TPSA) is 54.9 Å². The lowest BCUT2D eigenvalue weighted by molar-refractivity contribution is -0.166. The highest BCUT2D eigenvalue weighted by atomic mass is 16.5. The van der Waals surface area contributed by atoms with Crippen molar-refractivity contribution < 1.29 is 14.3 Å². The first kappa shape index (κ1) is 18.3. The number of ether oxygens (including phenoxy) is 2. The van der Waals surface area contributed by atoms with Gasteiger partial charge >= 0.3 is 0 Å². The van der Waals surface area contributed by atoms with Gasteiger partial charge in [0.2, 0.25) is 5.91 Å². The standard InChI is InChI=1S/C19H29N3O3/c1-21(2)12-18(23)22-9-6-17-19(14-22,7-4-10-25-17)15-24-13-16-5-3-8-20-11-16/h3,5,8,11,17H,4,6-7,9-10,12-15H2,1-2H3/t17-,19+/m0/s1. The molecule has 25 heavy (non-hydrogen) atoms. The fourth-order valence-electron chi connectivity index (χ4n) is 3.94. The van der Waals surface area contributed by atoms with Crippen LogP contribution in [-0.4, -0.2) is 73.7 Å². The number of amides is 1. The van der Waals surface area contributed by atoms with Crippen LogP contribution >= 0.6 is 0 Å². The van der Waals surface area contributed by atoms with E-state index in [4.69, 9.17) is 9.47 Å². The number of rotatable bonds is 6. The fraction of sp³-hybridized carbons (Fsp3) is 0.684. The van der Waals surface area contributed by atoms with Crippen molar-refractivity contribution in [2.24, 2.45) is 5.41 Å². The van der Waals surface area contributed by atoms with Gasteiger partial charge in [-0.1, -0.05) is 6.07 Å². The van der Waals surface area contributed by atoms with Crippen molar-refractivity contribution in [3.63, 3.8) is 0 Å². The van der Waals surface area contributed by atoms with Gasteiger partial charge in [0.15, 0.2) is 0 Å². The van der Waals surface area contributed by atoms with Gasteiger partial charge in [-0.2, -0.15) is 0 Å². The maximum atomic E-state index is 12.5. The lowest BCUT2D eigenvalue weighted by Crippen LogP contribution is -2.58. The molecular weight excluding hydrogens is 318 g/mol. The first-order chi connectivity index (χ1) is 12.1. The van der Waals surface area contributed by atoms with Gasteiger partial charge in [0.1, 0.15) is 0 Å². The van der Waals surface area contributed by atoms with Crippen LogP contribution in [0.2, 0.25) is 0 Å². The Bertz CT molecular complexity index is 566. The minimum Gasteiger partial charge on any atom is -0.377 e. The van der Waals surface area contributed by atoms with Crippen molar-refractivity contribution >= 4 is 5.91 Å². The predicted molar refractivity (Wildman–Crippen MR) is 95.1 cm³/mol. The Balaban J connectivity index is 1.63. The Morgan fingerprint density at radius 1 is 1.52 bits per heavy atom. The van der Waals surface area contributed by atoms with Crippen LogP contribution in [0, 0.1) is 5.41 Å². The largest absolute Gasteiger partial charge is 0.377 e. The van der Waals surface area contributed by atoms with Crippen LogP contribution in [0.3, 0.4) is 0 Å². The second-order valence-corrected chi connectivity index (χ2v) is 7.52. The molecular formula is C19H29N3O3. The summed E-state index contributed by atoms with van der Waals surface area (Å²) < 4.78 is 12.1. The highest BCUT2D eigenvalue weighted by molar-refractivity contribution is 5.78. The Morgan fingerprint density at radius 3 is 3.16 bits per heavy atom. The number of nitrogens with zero attached hydrogens (tertiary/aromatic N) is 3. The smallest absolute Gasteiger partial charge is 0.236 e. The highest BCUT2D eigenvalue weighted by Crippen LogP contribution is 2.40. The average Bonchev–Trinajstić information content (AvgIpc) is 2.61. The molecule has 0 saturated carbocycles. The van der Waals surface area contributed by atoms with Gasteiger partial charge in [0, 0.05) is 37.5 Å². The molecule has 3 heterocycles. The molecule has 2 aliphatic rings. The van der Waals surface area contributed by atoms with Crippen molar-refractivity contribution in [2.75, 3.05) is 46.9 Å². The Kier molecular flexibility index (Phi) is 6.04. The summed E-state index contributed by atoms with van der Waals surface area (Å²) in [5.74, 6) is 0.195. The fourth-order valence-corrected chi connectivity index (χ4v) is 3.94. The summed E-state index contributed by atoms with van der Waals surface area (Å²) in [6.45, 7) is 3.96. The van der Waals surface area contributed by atoms with E-state index in [-0.39, 0.29) is 17.4 Å². The van der Waals surface area contributed by atoms with Crippen LogP contribution in [0.4, 0.5) is 0 Å². The molecule has 0 unspecified atom stereocenters. The van der Waals surface area contributed by atoms with Gasteiger partial charge in [0.05, 0.1) is 25.9 Å². The average molecular weight is 347 g/mol. The molecule has 1 aromatic rings. The van der Waals surface area contributed by atoms with Crippen molar-refractivity contribution in [1.82, 2.24) is 14.8 Å². The van der Waals surface area contributed by atoms with E-state index in [1.165, 1.54) is 0 Å². The first-order valence-electron chi connectivity index (χ1n) is 9.10. The Labute approximate surface area is 150 Å². The molecule has 2 atom stereocenters. The molecule has 0 N–H and O–H groups in total. The molecule has 2 saturated heterocycles. The molecule has 0 radical (unpaired) electrons. The molecule has 0 aromatic carbocycles. The van der Waals surface area contributed by atoms with Crippen molar-refractivity contribution in [3.05, 3.63) is 30.1 Å². The quantitative estimate of drug-likeness (QED) is 0.782. The maximum Gasteiger partial charge on any atom is 0.236 e. The second-order valence-electron chi connectivity index (χ2n) is 7.52. The van der Waals surface area contributed by atoms with Crippen LogP contribution in [-0.2, 0) is 20.9 Å². The van der Waals surface area contributed by atoms with Crippen LogP contribution in [0.15, 0.2) is 24.5 Å². The van der Waals surface area contributed by atoms with Crippen LogP contribution in [0.5, 0.6) is 0 Å². The molecule has 0 spiro atoms. The first-order valence-corrected chi connectivity index (χ1v) is 9.10. The van der Waals surface area contributed by atoms with Gasteiger partial charge in [-0.25, -0.2) is 0 Å². The third kappa shape index (κ3) is 4.57. The normalized spacial score (nSPS) is 26.5. The molecule has 2 fully saturated rings. The summed E-state index contributed by atoms with van der Waals surface area (Å²) in [6.07, 6.45) is 6.77. The lowest BCUT2D eigenvalue weighted by atomic mass is 9.73. The molecule has 1 aromatic heterocycles. The van der Waals surface area contributed by atoms with Crippen molar-refractivity contribution in [3.8, 4) is 0 Å². The van der Waals surface area contributed by atoms with E-state index in [9.17, 15) is 4.79 Å². The summed E-state index contributed by atoms with van der Waals surface area (Å²) in [6, 6.07) is 3.94. The van der Waals surface area contributed by atoms with Crippen molar-refractivity contribution in [1.29, 1.82) is 0 Å². The number of carbonyl (C=O) groups excluding carboxylic acids is 1. The van der Waals surface area contributed by atoms with E-state index in [0.717, 1.165) is 44.5 Å². The van der Waals surface area contributed by atoms with Gasteiger partial charge in [-0.05, 0) is 45.0 Å². The monoisotopic (exact) mass is 347 g/mol. The zero-order valence-corrected chi connectivity index (χ0v) is 15.3. The number of likely N-dealkylation sites (N-methyl/N-ethyl adjacent to an activating group) is 1. The number of aromatic nitrogens is 1. The zero-order chi connectivity index (χ0) is 17.7. The highest BCUT2D eigenvalue weighted by Gasteiger charge is 2.47. The number of hydrogen-bond donors (Lipinski definition) is 0. The number of hydrogen-bond acceptors (Lipinski definition) is 5. The Hall–Kier alpha value is -1.50. The second kappa shape index (κ2) is 8.25. The molecule has 0 aliphatic carbocycles. The summed E-state index contributed by atoms with van der Waals surface area (Å²) >= 11 is 0. The van der Waals surface area contributed by atoms with E-state index in [0.29, 0.717) is 19.8 Å².